The summed E-state index contributed by atoms with van der Waals surface area (Å²) in [5.74, 6) is 0. The minimum atomic E-state index is -4.51. The lowest BCUT2D eigenvalue weighted by atomic mass is 10.2. The zero-order valence-corrected chi connectivity index (χ0v) is 13.3. The summed E-state index contributed by atoms with van der Waals surface area (Å²) >= 11 is 0. The van der Waals surface area contributed by atoms with Gasteiger partial charge in [0.15, 0.2) is 0 Å². The van der Waals surface area contributed by atoms with E-state index >= 15 is 0 Å². The van der Waals surface area contributed by atoms with Crippen LogP contribution in [0.4, 0.5) is 13.2 Å². The summed E-state index contributed by atoms with van der Waals surface area (Å²) in [6, 6.07) is 5.76. The predicted molar refractivity (Wildman–Crippen MR) is 76.1 cm³/mol. The van der Waals surface area contributed by atoms with E-state index in [9.17, 15) is 21.6 Å². The molecule has 1 aromatic rings. The standard InChI is InChI=1S/C7H8O3S.C6H12F3NO/c1-6-2-4-7(5-3-6)11(8,9)10;1-3-5(10-2)4-11-6(7,8)9/h2-5H,1H3,(H,8,9,10);5,10H,3-4H2,1-2H3. The lowest BCUT2D eigenvalue weighted by Gasteiger charge is -2.14. The van der Waals surface area contributed by atoms with Crippen LogP contribution in [0.2, 0.25) is 0 Å². The molecule has 128 valence electrons. The summed E-state index contributed by atoms with van der Waals surface area (Å²) < 4.78 is 67.5. The van der Waals surface area contributed by atoms with Gasteiger partial charge < -0.3 is 5.32 Å². The summed E-state index contributed by atoms with van der Waals surface area (Å²) in [5.41, 5.74) is 0.956. The Bertz CT molecular complexity index is 525. The number of aryl methyl sites for hydroxylation is 1. The molecule has 1 unspecified atom stereocenters. The number of benzene rings is 1. The van der Waals surface area contributed by atoms with Crippen molar-refractivity contribution in [2.45, 2.75) is 37.6 Å². The molecule has 22 heavy (non-hydrogen) atoms. The van der Waals surface area contributed by atoms with Gasteiger partial charge in [0.25, 0.3) is 10.1 Å². The van der Waals surface area contributed by atoms with Crippen molar-refractivity contribution in [2.75, 3.05) is 13.7 Å². The molecular formula is C13H20F3NO4S. The second kappa shape index (κ2) is 9.09. The summed E-state index contributed by atoms with van der Waals surface area (Å²) in [5, 5.41) is 2.70. The average molecular weight is 343 g/mol. The molecule has 0 saturated heterocycles. The van der Waals surface area contributed by atoms with Gasteiger partial charge in [-0.3, -0.25) is 9.29 Å². The highest BCUT2D eigenvalue weighted by atomic mass is 32.2. The Morgan fingerprint density at radius 1 is 1.27 bits per heavy atom. The van der Waals surface area contributed by atoms with E-state index in [0.717, 1.165) is 5.56 Å². The zero-order valence-electron chi connectivity index (χ0n) is 12.5. The number of hydrogen-bond donors (Lipinski definition) is 2. The van der Waals surface area contributed by atoms with E-state index in [1.165, 1.54) is 12.1 Å². The Morgan fingerprint density at radius 2 is 1.77 bits per heavy atom. The molecule has 0 fully saturated rings. The molecule has 0 bridgehead atoms. The number of hydrogen-bond acceptors (Lipinski definition) is 4. The number of ether oxygens (including phenoxy) is 1. The van der Waals surface area contributed by atoms with Crippen molar-refractivity contribution < 1.29 is 30.9 Å². The molecule has 1 rings (SSSR count). The number of alkyl halides is 3. The van der Waals surface area contributed by atoms with E-state index < -0.39 is 16.5 Å². The van der Waals surface area contributed by atoms with Crippen LogP contribution in [0.3, 0.4) is 0 Å². The highest BCUT2D eigenvalue weighted by Crippen LogP contribution is 2.16. The van der Waals surface area contributed by atoms with Crippen molar-refractivity contribution in [1.29, 1.82) is 0 Å². The molecule has 0 radical (unpaired) electrons. The lowest BCUT2D eigenvalue weighted by molar-refractivity contribution is -0.326. The number of rotatable bonds is 5. The molecule has 5 nitrogen and oxygen atoms in total. The summed E-state index contributed by atoms with van der Waals surface area (Å²) in [7, 11) is -2.41. The minimum absolute atomic E-state index is 0.0666. The molecule has 1 aromatic carbocycles. The van der Waals surface area contributed by atoms with Gasteiger partial charge in [-0.15, -0.1) is 13.2 Å². The molecular weight excluding hydrogens is 323 g/mol. The maximum absolute atomic E-state index is 11.4. The van der Waals surface area contributed by atoms with Crippen LogP contribution in [-0.4, -0.2) is 39.0 Å². The Hall–Kier alpha value is -1.16. The lowest BCUT2D eigenvalue weighted by Crippen LogP contribution is -2.32. The third kappa shape index (κ3) is 9.72. The fourth-order valence-corrected chi connectivity index (χ4v) is 1.79. The molecule has 1 atom stereocenters. The number of halogens is 3. The van der Waals surface area contributed by atoms with Crippen molar-refractivity contribution in [3.05, 3.63) is 29.8 Å². The van der Waals surface area contributed by atoms with Gasteiger partial charge in [0, 0.05) is 6.04 Å². The Balaban J connectivity index is 0.000000401. The molecule has 0 heterocycles. The van der Waals surface area contributed by atoms with E-state index in [0.29, 0.717) is 6.42 Å². The van der Waals surface area contributed by atoms with Gasteiger partial charge in [0.05, 0.1) is 11.5 Å². The highest BCUT2D eigenvalue weighted by molar-refractivity contribution is 7.85. The third-order valence-corrected chi connectivity index (χ3v) is 3.54. The third-order valence-electron chi connectivity index (χ3n) is 2.67. The summed E-state index contributed by atoms with van der Waals surface area (Å²) in [6.45, 7) is 3.31. The van der Waals surface area contributed by atoms with Crippen LogP contribution in [0, 0.1) is 6.92 Å². The van der Waals surface area contributed by atoms with Crippen molar-refractivity contribution in [3.63, 3.8) is 0 Å². The van der Waals surface area contributed by atoms with Gasteiger partial charge in [-0.2, -0.15) is 8.42 Å². The summed E-state index contributed by atoms with van der Waals surface area (Å²) in [4.78, 5) is -0.0666. The first kappa shape index (κ1) is 20.8. The van der Waals surface area contributed by atoms with Crippen LogP contribution in [0.15, 0.2) is 29.2 Å². The minimum Gasteiger partial charge on any atom is -0.315 e. The van der Waals surface area contributed by atoms with Crippen LogP contribution >= 0.6 is 0 Å². The zero-order chi connectivity index (χ0) is 17.4. The normalized spacial score (nSPS) is 13.2. The topological polar surface area (TPSA) is 75.6 Å². The van der Waals surface area contributed by atoms with Crippen LogP contribution in [0.1, 0.15) is 18.9 Å². The fourth-order valence-electron chi connectivity index (χ4n) is 1.31. The van der Waals surface area contributed by atoms with Gasteiger partial charge in [-0.05, 0) is 32.5 Å². The predicted octanol–water partition coefficient (Wildman–Crippen LogP) is 2.76. The van der Waals surface area contributed by atoms with E-state index in [1.807, 2.05) is 6.92 Å². The first-order valence-corrected chi connectivity index (χ1v) is 7.85. The second-order valence-electron chi connectivity index (χ2n) is 4.44. The monoisotopic (exact) mass is 343 g/mol. The van der Waals surface area contributed by atoms with Crippen molar-refractivity contribution >= 4 is 10.1 Å². The molecule has 0 saturated carbocycles. The van der Waals surface area contributed by atoms with Gasteiger partial charge in [-0.25, -0.2) is 0 Å². The molecule has 0 aliphatic heterocycles. The first-order valence-electron chi connectivity index (χ1n) is 6.41. The van der Waals surface area contributed by atoms with E-state index in [-0.39, 0.29) is 17.5 Å². The smallest absolute Gasteiger partial charge is 0.315 e. The largest absolute Gasteiger partial charge is 0.522 e. The van der Waals surface area contributed by atoms with Gasteiger partial charge in [0.1, 0.15) is 0 Å². The quantitative estimate of drug-likeness (QED) is 0.804. The maximum atomic E-state index is 11.4. The SMILES string of the molecule is CCC(COC(F)(F)F)NC.Cc1ccc(S(=O)(=O)O)cc1. The van der Waals surface area contributed by atoms with Gasteiger partial charge >= 0.3 is 6.36 Å². The van der Waals surface area contributed by atoms with Crippen LogP contribution in [-0.2, 0) is 14.9 Å². The molecule has 0 spiro atoms. The average Bonchev–Trinajstić information content (AvgIpc) is 2.39. The van der Waals surface area contributed by atoms with E-state index in [2.05, 4.69) is 10.1 Å². The molecule has 0 amide bonds. The summed E-state index contributed by atoms with van der Waals surface area (Å²) in [6.07, 6.45) is -3.89. The van der Waals surface area contributed by atoms with Crippen LogP contribution < -0.4 is 5.32 Å². The highest BCUT2D eigenvalue weighted by Gasteiger charge is 2.29. The molecule has 9 heteroatoms. The maximum Gasteiger partial charge on any atom is 0.522 e. The van der Waals surface area contributed by atoms with Crippen LogP contribution in [0.25, 0.3) is 0 Å². The Labute approximate surface area is 128 Å². The molecule has 2 N–H and O–H groups in total. The molecule has 0 aliphatic rings. The van der Waals surface area contributed by atoms with E-state index in [4.69, 9.17) is 4.55 Å². The van der Waals surface area contributed by atoms with Crippen molar-refractivity contribution in [2.24, 2.45) is 0 Å². The fraction of sp³-hybridized carbons (Fsp3) is 0.538. The second-order valence-corrected chi connectivity index (χ2v) is 5.86. The number of nitrogens with one attached hydrogen (secondary N) is 1. The first-order chi connectivity index (χ1) is 9.99. The van der Waals surface area contributed by atoms with Crippen LogP contribution in [0.5, 0.6) is 0 Å². The van der Waals surface area contributed by atoms with Gasteiger partial charge in [-0.1, -0.05) is 24.6 Å². The van der Waals surface area contributed by atoms with Crippen molar-refractivity contribution in [1.82, 2.24) is 5.32 Å². The Kier molecular flexibility index (Phi) is 8.61. The molecule has 0 aromatic heterocycles. The Morgan fingerprint density at radius 3 is 2.09 bits per heavy atom. The number of likely N-dealkylation sites (N-methyl/N-ethyl adjacent to an activating group) is 1. The molecule has 0 aliphatic carbocycles. The van der Waals surface area contributed by atoms with E-state index in [1.54, 1.807) is 26.1 Å². The van der Waals surface area contributed by atoms with Gasteiger partial charge in [0.2, 0.25) is 0 Å². The van der Waals surface area contributed by atoms with Crippen molar-refractivity contribution in [3.8, 4) is 0 Å².